The highest BCUT2D eigenvalue weighted by molar-refractivity contribution is 7.99. The third-order valence-electron chi connectivity index (χ3n) is 3.82. The number of rotatable bonds is 8. The van der Waals surface area contributed by atoms with Crippen LogP contribution in [0.3, 0.4) is 0 Å². The van der Waals surface area contributed by atoms with Crippen molar-refractivity contribution < 1.29 is 0 Å². The summed E-state index contributed by atoms with van der Waals surface area (Å²) in [5.41, 5.74) is 0. The van der Waals surface area contributed by atoms with Gasteiger partial charge in [-0.15, -0.1) is 6.58 Å². The van der Waals surface area contributed by atoms with E-state index in [-0.39, 0.29) is 0 Å². The van der Waals surface area contributed by atoms with E-state index in [4.69, 9.17) is 0 Å². The van der Waals surface area contributed by atoms with Crippen molar-refractivity contribution in [2.45, 2.75) is 46.2 Å². The van der Waals surface area contributed by atoms with Gasteiger partial charge in [-0.2, -0.15) is 11.8 Å². The Morgan fingerprint density at radius 3 is 2.68 bits per heavy atom. The lowest BCUT2D eigenvalue weighted by atomic mass is 9.95. The molecule has 2 atom stereocenters. The number of nitrogens with zero attached hydrogens (tertiary/aromatic N) is 1. The second-order valence-corrected chi connectivity index (χ2v) is 7.55. The zero-order valence-corrected chi connectivity index (χ0v) is 14.0. The van der Waals surface area contributed by atoms with Crippen molar-refractivity contribution in [2.75, 3.05) is 31.1 Å². The normalized spacial score (nSPS) is 25.2. The number of piperazine rings is 1. The minimum atomic E-state index is 0.680. The molecule has 0 amide bonds. The van der Waals surface area contributed by atoms with Crippen LogP contribution in [0.15, 0.2) is 12.7 Å². The fourth-order valence-electron chi connectivity index (χ4n) is 2.89. The largest absolute Gasteiger partial charge is 0.311 e. The Morgan fingerprint density at radius 2 is 2.11 bits per heavy atom. The van der Waals surface area contributed by atoms with Gasteiger partial charge in [-0.25, -0.2) is 0 Å². The number of hydrogen-bond acceptors (Lipinski definition) is 3. The third kappa shape index (κ3) is 6.33. The molecule has 19 heavy (non-hydrogen) atoms. The standard InChI is InChI=1S/C16H32N2S/c1-6-8-19-9-7-18-12-15(10-13(2)3)17-11-16(18)14(4)5/h6,13-17H,1,7-12H2,2-5H3. The maximum atomic E-state index is 3.79. The Balaban J connectivity index is 2.45. The molecule has 0 saturated carbocycles. The Hall–Kier alpha value is 0.01000. The minimum absolute atomic E-state index is 0.680. The fourth-order valence-corrected chi connectivity index (χ4v) is 3.59. The first-order valence-electron chi connectivity index (χ1n) is 7.70. The zero-order chi connectivity index (χ0) is 14.3. The minimum Gasteiger partial charge on any atom is -0.311 e. The van der Waals surface area contributed by atoms with Crippen molar-refractivity contribution >= 4 is 11.8 Å². The maximum absolute atomic E-state index is 3.79. The molecule has 2 unspecified atom stereocenters. The molecule has 1 saturated heterocycles. The van der Waals surface area contributed by atoms with Gasteiger partial charge in [-0.1, -0.05) is 33.8 Å². The van der Waals surface area contributed by atoms with Crippen LogP contribution in [0.2, 0.25) is 0 Å². The van der Waals surface area contributed by atoms with Gasteiger partial charge in [0.1, 0.15) is 0 Å². The van der Waals surface area contributed by atoms with E-state index in [1.165, 1.54) is 25.3 Å². The van der Waals surface area contributed by atoms with Crippen LogP contribution in [0.4, 0.5) is 0 Å². The van der Waals surface area contributed by atoms with Crippen molar-refractivity contribution in [1.29, 1.82) is 0 Å². The van der Waals surface area contributed by atoms with Gasteiger partial charge in [-0.05, 0) is 18.3 Å². The SMILES string of the molecule is C=CCSCCN1CC(CC(C)C)NCC1C(C)C. The molecule has 112 valence electrons. The molecule has 1 rings (SSSR count). The third-order valence-corrected chi connectivity index (χ3v) is 4.77. The van der Waals surface area contributed by atoms with Gasteiger partial charge < -0.3 is 5.32 Å². The van der Waals surface area contributed by atoms with Crippen LogP contribution >= 0.6 is 11.8 Å². The highest BCUT2D eigenvalue weighted by atomic mass is 32.2. The molecule has 0 aromatic rings. The van der Waals surface area contributed by atoms with E-state index in [1.807, 2.05) is 17.8 Å². The second-order valence-electron chi connectivity index (χ2n) is 6.40. The summed E-state index contributed by atoms with van der Waals surface area (Å²) >= 11 is 2.00. The molecular formula is C16H32N2S. The highest BCUT2D eigenvalue weighted by Crippen LogP contribution is 2.19. The molecule has 3 heteroatoms. The summed E-state index contributed by atoms with van der Waals surface area (Å²) < 4.78 is 0. The van der Waals surface area contributed by atoms with Crippen molar-refractivity contribution in [2.24, 2.45) is 11.8 Å². The van der Waals surface area contributed by atoms with E-state index in [9.17, 15) is 0 Å². The summed E-state index contributed by atoms with van der Waals surface area (Å²) in [6.45, 7) is 16.7. The zero-order valence-electron chi connectivity index (χ0n) is 13.2. The first kappa shape index (κ1) is 17.1. The molecule has 0 spiro atoms. The fraction of sp³-hybridized carbons (Fsp3) is 0.875. The monoisotopic (exact) mass is 284 g/mol. The average molecular weight is 285 g/mol. The summed E-state index contributed by atoms with van der Waals surface area (Å²) in [4.78, 5) is 2.71. The molecule has 0 radical (unpaired) electrons. The summed E-state index contributed by atoms with van der Waals surface area (Å²) in [6.07, 6.45) is 3.30. The van der Waals surface area contributed by atoms with E-state index in [0.717, 1.165) is 24.1 Å². The van der Waals surface area contributed by atoms with Crippen molar-refractivity contribution in [1.82, 2.24) is 10.2 Å². The molecule has 0 bridgehead atoms. The van der Waals surface area contributed by atoms with Gasteiger partial charge in [0.15, 0.2) is 0 Å². The van der Waals surface area contributed by atoms with Crippen LogP contribution in [0.1, 0.15) is 34.1 Å². The summed E-state index contributed by atoms with van der Waals surface area (Å²) in [6, 6.07) is 1.38. The first-order valence-corrected chi connectivity index (χ1v) is 8.86. The molecule has 1 N–H and O–H groups in total. The topological polar surface area (TPSA) is 15.3 Å². The lowest BCUT2D eigenvalue weighted by molar-refractivity contribution is 0.0991. The Labute approximate surface area is 124 Å². The summed E-state index contributed by atoms with van der Waals surface area (Å²) in [7, 11) is 0. The molecule has 0 aromatic carbocycles. The lowest BCUT2D eigenvalue weighted by Gasteiger charge is -2.43. The quantitative estimate of drug-likeness (QED) is 0.544. The number of thioether (sulfide) groups is 1. The summed E-state index contributed by atoms with van der Waals surface area (Å²) in [5, 5.41) is 3.75. The molecular weight excluding hydrogens is 252 g/mol. The van der Waals surface area contributed by atoms with E-state index in [2.05, 4.69) is 44.5 Å². The van der Waals surface area contributed by atoms with Crippen molar-refractivity contribution in [3.63, 3.8) is 0 Å². The van der Waals surface area contributed by atoms with Gasteiger partial charge in [0, 0.05) is 43.2 Å². The van der Waals surface area contributed by atoms with Crippen LogP contribution in [-0.2, 0) is 0 Å². The van der Waals surface area contributed by atoms with Gasteiger partial charge in [0.2, 0.25) is 0 Å². The Bertz CT molecular complexity index is 253. The van der Waals surface area contributed by atoms with Crippen LogP contribution in [0, 0.1) is 11.8 Å². The molecule has 1 aliphatic rings. The number of hydrogen-bond donors (Lipinski definition) is 1. The molecule has 1 fully saturated rings. The van der Waals surface area contributed by atoms with Crippen molar-refractivity contribution in [3.8, 4) is 0 Å². The Kier molecular flexibility index (Phi) is 8.12. The molecule has 1 aliphatic heterocycles. The molecule has 2 nitrogen and oxygen atoms in total. The molecule has 0 aromatic heterocycles. The lowest BCUT2D eigenvalue weighted by Crippen LogP contribution is -2.58. The number of nitrogens with one attached hydrogen (secondary N) is 1. The second kappa shape index (κ2) is 9.04. The van der Waals surface area contributed by atoms with E-state index >= 15 is 0 Å². The smallest absolute Gasteiger partial charge is 0.0244 e. The van der Waals surface area contributed by atoms with Crippen LogP contribution in [0.25, 0.3) is 0 Å². The van der Waals surface area contributed by atoms with Gasteiger partial charge in [0.05, 0.1) is 0 Å². The van der Waals surface area contributed by atoms with E-state index < -0.39 is 0 Å². The summed E-state index contributed by atoms with van der Waals surface area (Å²) in [5.74, 6) is 3.82. The Morgan fingerprint density at radius 1 is 1.37 bits per heavy atom. The van der Waals surface area contributed by atoms with Gasteiger partial charge >= 0.3 is 0 Å². The van der Waals surface area contributed by atoms with Gasteiger partial charge in [-0.3, -0.25) is 4.90 Å². The van der Waals surface area contributed by atoms with Crippen LogP contribution in [-0.4, -0.2) is 48.1 Å². The highest BCUT2D eigenvalue weighted by Gasteiger charge is 2.29. The van der Waals surface area contributed by atoms with Crippen LogP contribution < -0.4 is 5.32 Å². The molecule has 1 heterocycles. The maximum Gasteiger partial charge on any atom is 0.0244 e. The van der Waals surface area contributed by atoms with E-state index in [1.54, 1.807) is 0 Å². The molecule has 0 aliphatic carbocycles. The average Bonchev–Trinajstić information content (AvgIpc) is 2.34. The predicted molar refractivity (Wildman–Crippen MR) is 89.0 cm³/mol. The predicted octanol–water partition coefficient (Wildman–Crippen LogP) is 3.25. The first-order chi connectivity index (χ1) is 9.04. The van der Waals surface area contributed by atoms with Crippen molar-refractivity contribution in [3.05, 3.63) is 12.7 Å². The van der Waals surface area contributed by atoms with Gasteiger partial charge in [0.25, 0.3) is 0 Å². The van der Waals surface area contributed by atoms with E-state index in [0.29, 0.717) is 12.1 Å². The van der Waals surface area contributed by atoms with Crippen LogP contribution in [0.5, 0.6) is 0 Å².